The molecule has 2 aromatic heterocycles. The van der Waals surface area contributed by atoms with Crippen LogP contribution in [0, 0.1) is 11.8 Å². The molecule has 1 aliphatic heterocycles. The van der Waals surface area contributed by atoms with Crippen LogP contribution in [0.5, 0.6) is 0 Å². The normalized spacial score (nSPS) is 28.7. The first-order valence-corrected chi connectivity index (χ1v) is 9.26. The van der Waals surface area contributed by atoms with Crippen LogP contribution >= 0.6 is 0 Å². The first-order valence-electron chi connectivity index (χ1n) is 9.26. The van der Waals surface area contributed by atoms with Crippen molar-refractivity contribution in [1.82, 2.24) is 19.5 Å². The Hall–Kier alpha value is -2.29. The van der Waals surface area contributed by atoms with Crippen LogP contribution in [0.2, 0.25) is 0 Å². The van der Waals surface area contributed by atoms with Crippen molar-refractivity contribution in [1.29, 1.82) is 0 Å². The molecule has 6 N–H and O–H groups in total. The van der Waals surface area contributed by atoms with Crippen molar-refractivity contribution in [2.24, 2.45) is 0 Å². The minimum atomic E-state index is -1.26. The molecule has 4 rings (SSSR count). The van der Waals surface area contributed by atoms with Gasteiger partial charge in [0, 0.05) is 6.42 Å². The highest BCUT2D eigenvalue weighted by Crippen LogP contribution is 2.35. The van der Waals surface area contributed by atoms with Gasteiger partial charge in [0.2, 0.25) is 5.82 Å². The highest BCUT2D eigenvalue weighted by atomic mass is 16.6. The Morgan fingerprint density at radius 1 is 1.29 bits per heavy atom. The summed E-state index contributed by atoms with van der Waals surface area (Å²) >= 11 is 0. The van der Waals surface area contributed by atoms with Crippen LogP contribution in [-0.4, -0.2) is 70.5 Å². The third kappa shape index (κ3) is 3.32. The number of aliphatic hydroxyl groups excluding tert-OH is 3. The predicted octanol–water partition coefficient (Wildman–Crippen LogP) is -0.933. The van der Waals surface area contributed by atoms with Crippen molar-refractivity contribution in [2.75, 3.05) is 12.3 Å². The van der Waals surface area contributed by atoms with Gasteiger partial charge in [0.1, 0.15) is 23.8 Å². The Bertz CT molecular complexity index is 932. The Morgan fingerprint density at radius 3 is 2.71 bits per heavy atom. The number of anilines is 1. The topological polar surface area (TPSA) is 160 Å². The largest absolute Gasteiger partial charge is 0.394 e. The Balaban J connectivity index is 1.58. The predicted molar refractivity (Wildman–Crippen MR) is 97.7 cm³/mol. The lowest BCUT2D eigenvalue weighted by molar-refractivity contribution is -0.0511. The van der Waals surface area contributed by atoms with Gasteiger partial charge in [0.15, 0.2) is 17.7 Å². The van der Waals surface area contributed by atoms with E-state index in [1.165, 1.54) is 10.9 Å². The zero-order valence-corrected chi connectivity index (χ0v) is 15.2. The summed E-state index contributed by atoms with van der Waals surface area (Å²) in [7, 11) is 0. The lowest BCUT2D eigenvalue weighted by atomic mass is 9.77. The van der Waals surface area contributed by atoms with Gasteiger partial charge in [0.05, 0.1) is 18.5 Å². The van der Waals surface area contributed by atoms with Crippen molar-refractivity contribution < 1.29 is 25.2 Å². The smallest absolute Gasteiger partial charge is 0.208 e. The fraction of sp³-hybridized carbons (Fsp3) is 0.611. The lowest BCUT2D eigenvalue weighted by Crippen LogP contribution is -2.36. The molecule has 0 amide bonds. The third-order valence-corrected chi connectivity index (χ3v) is 5.44. The fourth-order valence-electron chi connectivity index (χ4n) is 3.56. The van der Waals surface area contributed by atoms with Crippen LogP contribution in [0.4, 0.5) is 5.82 Å². The molecule has 1 saturated carbocycles. The molecule has 2 fully saturated rings. The number of hydrogen-bond donors (Lipinski definition) is 5. The Kier molecular flexibility index (Phi) is 4.95. The molecule has 0 aromatic carbocycles. The zero-order valence-electron chi connectivity index (χ0n) is 15.2. The molecule has 10 heteroatoms. The Labute approximate surface area is 161 Å². The molecule has 4 atom stereocenters. The van der Waals surface area contributed by atoms with Gasteiger partial charge >= 0.3 is 0 Å². The van der Waals surface area contributed by atoms with Gasteiger partial charge in [-0.25, -0.2) is 15.0 Å². The summed E-state index contributed by atoms with van der Waals surface area (Å²) in [5.41, 5.74) is 6.01. The van der Waals surface area contributed by atoms with E-state index >= 15 is 0 Å². The molecule has 0 spiro atoms. The van der Waals surface area contributed by atoms with E-state index in [-0.39, 0.29) is 11.6 Å². The maximum Gasteiger partial charge on any atom is 0.208 e. The Morgan fingerprint density at radius 2 is 2.07 bits per heavy atom. The van der Waals surface area contributed by atoms with Crippen molar-refractivity contribution in [2.45, 2.75) is 62.2 Å². The molecular weight excluding hydrogens is 366 g/mol. The van der Waals surface area contributed by atoms with E-state index < -0.39 is 36.7 Å². The number of nitrogens with zero attached hydrogens (tertiary/aromatic N) is 4. The highest BCUT2D eigenvalue weighted by molar-refractivity contribution is 5.82. The quantitative estimate of drug-likeness (QED) is 0.416. The minimum Gasteiger partial charge on any atom is -0.394 e. The van der Waals surface area contributed by atoms with E-state index in [1.807, 2.05) is 0 Å². The van der Waals surface area contributed by atoms with Gasteiger partial charge in [-0.3, -0.25) is 4.57 Å². The second-order valence-electron chi connectivity index (χ2n) is 7.37. The molecule has 3 heterocycles. The summed E-state index contributed by atoms with van der Waals surface area (Å²) in [6.07, 6.45) is 0.815. The second kappa shape index (κ2) is 7.27. The van der Waals surface area contributed by atoms with Gasteiger partial charge in [-0.1, -0.05) is 5.92 Å². The summed E-state index contributed by atoms with van der Waals surface area (Å²) in [5, 5.41) is 39.6. The van der Waals surface area contributed by atoms with E-state index in [4.69, 9.17) is 10.5 Å². The lowest BCUT2D eigenvalue weighted by Gasteiger charge is -2.36. The zero-order chi connectivity index (χ0) is 19.9. The summed E-state index contributed by atoms with van der Waals surface area (Å²) in [4.78, 5) is 12.7. The maximum atomic E-state index is 10.2. The minimum absolute atomic E-state index is 0.136. The molecule has 0 radical (unpaired) electrons. The number of hydrogen-bond acceptors (Lipinski definition) is 9. The maximum absolute atomic E-state index is 10.2. The van der Waals surface area contributed by atoms with Crippen LogP contribution in [0.3, 0.4) is 0 Å². The molecule has 1 saturated heterocycles. The van der Waals surface area contributed by atoms with Gasteiger partial charge < -0.3 is 30.9 Å². The fourth-order valence-corrected chi connectivity index (χ4v) is 3.56. The molecule has 0 bridgehead atoms. The monoisotopic (exact) mass is 389 g/mol. The number of rotatable bonds is 4. The van der Waals surface area contributed by atoms with Gasteiger partial charge in [-0.15, -0.1) is 0 Å². The van der Waals surface area contributed by atoms with E-state index in [0.29, 0.717) is 24.0 Å². The summed E-state index contributed by atoms with van der Waals surface area (Å²) < 4.78 is 6.97. The molecule has 10 nitrogen and oxygen atoms in total. The highest BCUT2D eigenvalue weighted by Gasteiger charge is 2.44. The van der Waals surface area contributed by atoms with Crippen LogP contribution in [-0.2, 0) is 4.74 Å². The third-order valence-electron chi connectivity index (χ3n) is 5.44. The SMILES string of the molecule is Nc1nc(C#CCCC2(O)CCC2)nc2c1ncn2[C@@H]1O[C@H](CO)C(O)C1O. The summed E-state index contributed by atoms with van der Waals surface area (Å²) in [6, 6.07) is 0. The van der Waals surface area contributed by atoms with E-state index in [1.54, 1.807) is 0 Å². The number of aliphatic hydroxyl groups is 4. The van der Waals surface area contributed by atoms with Crippen molar-refractivity contribution >= 4 is 17.0 Å². The number of nitrogen functional groups attached to an aromatic ring is 1. The van der Waals surface area contributed by atoms with Crippen molar-refractivity contribution in [3.8, 4) is 11.8 Å². The van der Waals surface area contributed by atoms with Gasteiger partial charge in [-0.05, 0) is 31.6 Å². The average molecular weight is 389 g/mol. The van der Waals surface area contributed by atoms with Gasteiger partial charge in [0.25, 0.3) is 0 Å². The number of imidazole rings is 1. The number of nitrogens with two attached hydrogens (primary N) is 1. The van der Waals surface area contributed by atoms with Crippen LogP contribution in [0.1, 0.15) is 44.2 Å². The van der Waals surface area contributed by atoms with Crippen molar-refractivity contribution in [3.63, 3.8) is 0 Å². The molecule has 28 heavy (non-hydrogen) atoms. The van der Waals surface area contributed by atoms with E-state index in [9.17, 15) is 20.4 Å². The first-order chi connectivity index (χ1) is 13.4. The number of aromatic nitrogens is 4. The second-order valence-corrected chi connectivity index (χ2v) is 7.37. The molecule has 150 valence electrons. The average Bonchev–Trinajstić information content (AvgIpc) is 3.19. The van der Waals surface area contributed by atoms with Crippen molar-refractivity contribution in [3.05, 3.63) is 12.2 Å². The molecule has 2 aliphatic rings. The molecule has 2 unspecified atom stereocenters. The molecule has 2 aromatic rings. The first kappa shape index (κ1) is 19.0. The summed E-state index contributed by atoms with van der Waals surface area (Å²) in [5.74, 6) is 6.14. The number of fused-ring (bicyclic) bond motifs is 1. The van der Waals surface area contributed by atoms with Crippen LogP contribution < -0.4 is 5.73 Å². The molecular formula is C18H23N5O5. The summed E-state index contributed by atoms with van der Waals surface area (Å²) in [6.45, 7) is -0.429. The van der Waals surface area contributed by atoms with Gasteiger partial charge in [-0.2, -0.15) is 0 Å². The molecule has 1 aliphatic carbocycles. The van der Waals surface area contributed by atoms with E-state index in [0.717, 1.165) is 19.3 Å². The number of ether oxygens (including phenoxy) is 1. The van der Waals surface area contributed by atoms with Crippen LogP contribution in [0.15, 0.2) is 6.33 Å². The standard InChI is InChI=1S/C18H23N5O5/c19-15-12-16(22-11(21-15)4-1-2-5-18(27)6-3-7-18)23(9-20-12)17-14(26)13(25)10(8-24)28-17/h9-10,13-14,17,24-27H,2-3,5-8H2,(H2,19,21,22)/t10-,13?,14?,17-/m1/s1. The van der Waals surface area contributed by atoms with E-state index in [2.05, 4.69) is 26.8 Å². The van der Waals surface area contributed by atoms with Crippen LogP contribution in [0.25, 0.3) is 11.2 Å².